The summed E-state index contributed by atoms with van der Waals surface area (Å²) in [5.74, 6) is -0.288. The second kappa shape index (κ2) is 6.17. The first-order valence-corrected chi connectivity index (χ1v) is 8.20. The Hall–Kier alpha value is -3.37. The van der Waals surface area contributed by atoms with E-state index in [-0.39, 0.29) is 23.7 Å². The molecule has 0 aromatic heterocycles. The molecule has 0 aliphatic heterocycles. The molecule has 0 fully saturated rings. The van der Waals surface area contributed by atoms with Crippen LogP contribution in [-0.2, 0) is 6.61 Å². The van der Waals surface area contributed by atoms with Crippen LogP contribution in [0.25, 0.3) is 32.7 Å². The maximum Gasteiger partial charge on any atom is 0.153 e. The molecule has 0 bridgehead atoms. The Bertz CT molecular complexity index is 1160. The molecule has 0 radical (unpaired) electrons. The monoisotopic (exact) mass is 344 g/mol. The van der Waals surface area contributed by atoms with E-state index in [9.17, 15) is 20.1 Å². The summed E-state index contributed by atoms with van der Waals surface area (Å²) in [6.45, 7) is -0.338. The highest BCUT2D eigenvalue weighted by atomic mass is 16.3. The van der Waals surface area contributed by atoms with Gasteiger partial charge in [-0.2, -0.15) is 0 Å². The molecule has 0 saturated heterocycles. The lowest BCUT2D eigenvalue weighted by atomic mass is 9.89. The number of fused-ring (bicyclic) bond motifs is 2. The molecule has 4 heteroatoms. The topological polar surface area (TPSA) is 77.8 Å². The molecular formula is C22H16O4. The fourth-order valence-electron chi connectivity index (χ4n) is 3.47. The number of phenolic OH excluding ortho intramolecular Hbond substituents is 1. The van der Waals surface area contributed by atoms with E-state index in [4.69, 9.17) is 0 Å². The van der Waals surface area contributed by atoms with Gasteiger partial charge in [0.05, 0.1) is 12.2 Å². The summed E-state index contributed by atoms with van der Waals surface area (Å²) in [4.78, 5) is 11.5. The fraction of sp³-hybridized carbons (Fsp3) is 0.0455. The molecule has 0 atom stereocenters. The molecule has 128 valence electrons. The minimum Gasteiger partial charge on any atom is -0.507 e. The number of rotatable bonds is 3. The normalized spacial score (nSPS) is 11.1. The van der Waals surface area contributed by atoms with E-state index >= 15 is 0 Å². The molecule has 0 unspecified atom stereocenters. The van der Waals surface area contributed by atoms with Gasteiger partial charge in [-0.25, -0.2) is 0 Å². The summed E-state index contributed by atoms with van der Waals surface area (Å²) in [6, 6.07) is 18.1. The van der Waals surface area contributed by atoms with Crippen LogP contribution < -0.4 is 0 Å². The number of phenols is 2. The standard InChI is InChI=1S/C22H16O4/c23-11-15-9-13-5-1-3-7-17(13)19(21(15)25)20-18-8-4-2-6-14(18)10-16(12-24)22(20)26/h1-11,24-26H,12H2. The lowest BCUT2D eigenvalue weighted by Crippen LogP contribution is -1.94. The highest BCUT2D eigenvalue weighted by Crippen LogP contribution is 2.47. The zero-order valence-electron chi connectivity index (χ0n) is 13.8. The first kappa shape index (κ1) is 16.1. The van der Waals surface area contributed by atoms with Crippen molar-refractivity contribution in [1.82, 2.24) is 0 Å². The van der Waals surface area contributed by atoms with E-state index in [2.05, 4.69) is 0 Å². The van der Waals surface area contributed by atoms with Crippen LogP contribution in [0.2, 0.25) is 0 Å². The summed E-state index contributed by atoms with van der Waals surface area (Å²) in [5.41, 5.74) is 1.30. The molecular weight excluding hydrogens is 328 g/mol. The number of benzene rings is 4. The number of aliphatic hydroxyl groups is 1. The quantitative estimate of drug-likeness (QED) is 0.482. The van der Waals surface area contributed by atoms with Gasteiger partial charge in [0.25, 0.3) is 0 Å². The molecule has 4 aromatic rings. The van der Waals surface area contributed by atoms with Crippen LogP contribution in [0.3, 0.4) is 0 Å². The summed E-state index contributed by atoms with van der Waals surface area (Å²) < 4.78 is 0. The number of hydrogen-bond donors (Lipinski definition) is 3. The van der Waals surface area contributed by atoms with Crippen molar-refractivity contribution < 1.29 is 20.1 Å². The SMILES string of the molecule is O=Cc1cc2ccccc2c(-c2c(O)c(CO)cc3ccccc23)c1O. The number of carbonyl (C=O) groups is 1. The van der Waals surface area contributed by atoms with E-state index in [0.29, 0.717) is 28.4 Å². The third-order valence-electron chi connectivity index (χ3n) is 4.70. The molecule has 0 aliphatic rings. The van der Waals surface area contributed by atoms with E-state index in [1.807, 2.05) is 48.5 Å². The van der Waals surface area contributed by atoms with Crippen molar-refractivity contribution in [3.8, 4) is 22.6 Å². The molecule has 4 rings (SSSR count). The van der Waals surface area contributed by atoms with Gasteiger partial charge in [0.2, 0.25) is 0 Å². The van der Waals surface area contributed by atoms with Gasteiger partial charge in [-0.15, -0.1) is 0 Å². The summed E-state index contributed by atoms with van der Waals surface area (Å²) in [7, 11) is 0. The molecule has 3 N–H and O–H groups in total. The van der Waals surface area contributed by atoms with Crippen LogP contribution in [-0.4, -0.2) is 21.6 Å². The predicted molar refractivity (Wildman–Crippen MR) is 102 cm³/mol. The second-order valence-electron chi connectivity index (χ2n) is 6.17. The molecule has 0 aliphatic carbocycles. The summed E-state index contributed by atoms with van der Waals surface area (Å²) in [5, 5.41) is 34.3. The second-order valence-corrected chi connectivity index (χ2v) is 6.17. The van der Waals surface area contributed by atoms with Crippen molar-refractivity contribution >= 4 is 27.8 Å². The molecule has 4 aromatic carbocycles. The Morgan fingerprint density at radius 3 is 1.88 bits per heavy atom. The van der Waals surface area contributed by atoms with Gasteiger partial charge in [-0.1, -0.05) is 48.5 Å². The molecule has 26 heavy (non-hydrogen) atoms. The Morgan fingerprint density at radius 2 is 1.31 bits per heavy atom. The minimum atomic E-state index is -0.338. The largest absolute Gasteiger partial charge is 0.507 e. The summed E-state index contributed by atoms with van der Waals surface area (Å²) >= 11 is 0. The van der Waals surface area contributed by atoms with Crippen LogP contribution in [0, 0.1) is 0 Å². The number of aromatic hydroxyl groups is 2. The van der Waals surface area contributed by atoms with Crippen molar-refractivity contribution in [2.75, 3.05) is 0 Å². The zero-order valence-corrected chi connectivity index (χ0v) is 13.8. The predicted octanol–water partition coefficient (Wildman–Crippen LogP) is 4.38. The number of carbonyl (C=O) groups excluding carboxylic acids is 1. The van der Waals surface area contributed by atoms with E-state index in [1.54, 1.807) is 12.1 Å². The molecule has 4 nitrogen and oxygen atoms in total. The van der Waals surface area contributed by atoms with Crippen LogP contribution in [0.5, 0.6) is 11.5 Å². The average Bonchev–Trinajstić information content (AvgIpc) is 2.68. The number of hydrogen-bond acceptors (Lipinski definition) is 4. The van der Waals surface area contributed by atoms with Gasteiger partial charge < -0.3 is 15.3 Å². The van der Waals surface area contributed by atoms with E-state index in [1.165, 1.54) is 0 Å². The Balaban J connectivity index is 2.26. The maximum atomic E-state index is 11.5. The fourth-order valence-corrected chi connectivity index (χ4v) is 3.47. The highest BCUT2D eigenvalue weighted by Gasteiger charge is 2.21. The van der Waals surface area contributed by atoms with Crippen LogP contribution in [0.15, 0.2) is 60.7 Å². The molecule has 0 amide bonds. The Kier molecular flexibility index (Phi) is 3.82. The molecule has 0 saturated carbocycles. The van der Waals surface area contributed by atoms with Crippen molar-refractivity contribution in [1.29, 1.82) is 0 Å². The first-order valence-electron chi connectivity index (χ1n) is 8.20. The number of aliphatic hydroxyl groups excluding tert-OH is 1. The lowest BCUT2D eigenvalue weighted by molar-refractivity contribution is 0.112. The van der Waals surface area contributed by atoms with Gasteiger partial charge in [-0.05, 0) is 33.7 Å². The van der Waals surface area contributed by atoms with Gasteiger partial charge in [-0.3, -0.25) is 4.79 Å². The highest BCUT2D eigenvalue weighted by molar-refractivity contribution is 6.12. The van der Waals surface area contributed by atoms with Gasteiger partial charge >= 0.3 is 0 Å². The van der Waals surface area contributed by atoms with E-state index < -0.39 is 0 Å². The smallest absolute Gasteiger partial charge is 0.153 e. The maximum absolute atomic E-state index is 11.5. The first-order chi connectivity index (χ1) is 12.7. The van der Waals surface area contributed by atoms with Gasteiger partial charge in [0.1, 0.15) is 11.5 Å². The van der Waals surface area contributed by atoms with Crippen molar-refractivity contribution in [3.63, 3.8) is 0 Å². The van der Waals surface area contributed by atoms with Crippen molar-refractivity contribution in [2.45, 2.75) is 6.61 Å². The van der Waals surface area contributed by atoms with Crippen LogP contribution in [0.1, 0.15) is 15.9 Å². The third kappa shape index (κ3) is 2.31. The molecule has 0 heterocycles. The Labute approximate surface area is 149 Å². The zero-order chi connectivity index (χ0) is 18.3. The summed E-state index contributed by atoms with van der Waals surface area (Å²) in [6.07, 6.45) is 0.598. The van der Waals surface area contributed by atoms with Crippen molar-refractivity contribution in [2.24, 2.45) is 0 Å². The van der Waals surface area contributed by atoms with Crippen molar-refractivity contribution in [3.05, 3.63) is 71.8 Å². The average molecular weight is 344 g/mol. The van der Waals surface area contributed by atoms with Gasteiger partial charge in [0.15, 0.2) is 6.29 Å². The van der Waals surface area contributed by atoms with E-state index in [0.717, 1.165) is 16.2 Å². The minimum absolute atomic E-state index is 0.102. The van der Waals surface area contributed by atoms with Gasteiger partial charge in [0, 0.05) is 16.7 Å². The third-order valence-corrected chi connectivity index (χ3v) is 4.70. The number of aldehydes is 1. The van der Waals surface area contributed by atoms with Crippen LogP contribution >= 0.6 is 0 Å². The molecule has 0 spiro atoms. The Morgan fingerprint density at radius 1 is 0.769 bits per heavy atom. The van der Waals surface area contributed by atoms with Crippen LogP contribution in [0.4, 0.5) is 0 Å². The lowest BCUT2D eigenvalue weighted by Gasteiger charge is -2.17.